The number of amides is 4. The number of urea groups is 1. The van der Waals surface area contributed by atoms with E-state index >= 15 is 0 Å². The van der Waals surface area contributed by atoms with E-state index in [2.05, 4.69) is 5.32 Å². The zero-order valence-corrected chi connectivity index (χ0v) is 19.2. The number of carbonyl (C=O) groups is 3. The van der Waals surface area contributed by atoms with Crippen molar-refractivity contribution in [3.63, 3.8) is 0 Å². The highest BCUT2D eigenvalue weighted by Gasteiger charge is 2.50. The number of ether oxygens (including phenoxy) is 2. The number of hydrogen-bond donors (Lipinski definition) is 1. The Kier molecular flexibility index (Phi) is 6.26. The molecule has 0 spiro atoms. The van der Waals surface area contributed by atoms with Gasteiger partial charge >= 0.3 is 6.03 Å². The predicted molar refractivity (Wildman–Crippen MR) is 122 cm³/mol. The average Bonchev–Trinajstić information content (AvgIpc) is 3.40. The van der Waals surface area contributed by atoms with Crippen LogP contribution in [0.25, 0.3) is 0 Å². The van der Waals surface area contributed by atoms with Gasteiger partial charge in [-0.15, -0.1) is 0 Å². The summed E-state index contributed by atoms with van der Waals surface area (Å²) in [6.45, 7) is 4.48. The van der Waals surface area contributed by atoms with Gasteiger partial charge in [-0.2, -0.15) is 0 Å². The molecule has 1 N–H and O–H groups in total. The summed E-state index contributed by atoms with van der Waals surface area (Å²) in [5.41, 5.74) is 0.415. The fourth-order valence-corrected chi connectivity index (χ4v) is 4.55. The van der Waals surface area contributed by atoms with Gasteiger partial charge in [0.05, 0.1) is 19.8 Å². The molecule has 0 saturated carbocycles. The van der Waals surface area contributed by atoms with Crippen LogP contribution in [-0.2, 0) is 15.1 Å². The largest absolute Gasteiger partial charge is 0.497 e. The standard InChI is InChI=1S/C25H29N3O5/c1-4-33-20-11-7-17(8-12-20)21-6-5-15-27(21)22(29)16-28-23(30)25(2,26-24(28)31)18-9-13-19(32-3)14-10-18/h7-14,21H,4-6,15-16H2,1-3H3,(H,26,31). The Morgan fingerprint density at radius 2 is 1.76 bits per heavy atom. The third-order valence-electron chi connectivity index (χ3n) is 6.38. The van der Waals surface area contributed by atoms with Gasteiger partial charge in [0.2, 0.25) is 5.91 Å². The Hall–Kier alpha value is -3.55. The molecule has 2 aromatic rings. The van der Waals surface area contributed by atoms with Crippen molar-refractivity contribution in [2.75, 3.05) is 26.8 Å². The van der Waals surface area contributed by atoms with E-state index in [0.29, 0.717) is 24.5 Å². The summed E-state index contributed by atoms with van der Waals surface area (Å²) in [5.74, 6) is 0.756. The van der Waals surface area contributed by atoms with Crippen molar-refractivity contribution in [1.29, 1.82) is 0 Å². The van der Waals surface area contributed by atoms with Gasteiger partial charge in [0.25, 0.3) is 5.91 Å². The third kappa shape index (κ3) is 4.25. The zero-order valence-electron chi connectivity index (χ0n) is 19.2. The van der Waals surface area contributed by atoms with Gasteiger partial charge < -0.3 is 19.7 Å². The Balaban J connectivity index is 1.48. The Bertz CT molecular complexity index is 1040. The summed E-state index contributed by atoms with van der Waals surface area (Å²) in [6, 6.07) is 14.0. The molecule has 2 fully saturated rings. The summed E-state index contributed by atoms with van der Waals surface area (Å²) in [6.07, 6.45) is 1.71. The highest BCUT2D eigenvalue weighted by molar-refractivity contribution is 6.09. The van der Waals surface area contributed by atoms with Crippen LogP contribution >= 0.6 is 0 Å². The van der Waals surface area contributed by atoms with Gasteiger partial charge in [-0.25, -0.2) is 4.79 Å². The first-order chi connectivity index (χ1) is 15.9. The molecule has 33 heavy (non-hydrogen) atoms. The molecule has 4 rings (SSSR count). The maximum atomic E-state index is 13.2. The van der Waals surface area contributed by atoms with Crippen molar-refractivity contribution in [3.8, 4) is 11.5 Å². The molecular weight excluding hydrogens is 422 g/mol. The van der Waals surface area contributed by atoms with E-state index in [1.165, 1.54) is 0 Å². The Morgan fingerprint density at radius 3 is 2.39 bits per heavy atom. The number of rotatable bonds is 7. The van der Waals surface area contributed by atoms with Crippen molar-refractivity contribution < 1.29 is 23.9 Å². The van der Waals surface area contributed by atoms with Crippen LogP contribution in [0.1, 0.15) is 43.9 Å². The molecule has 2 aliphatic rings. The number of hydrogen-bond acceptors (Lipinski definition) is 5. The van der Waals surface area contributed by atoms with Crippen LogP contribution < -0.4 is 14.8 Å². The number of methoxy groups -OCH3 is 1. The molecule has 0 aliphatic carbocycles. The number of benzene rings is 2. The van der Waals surface area contributed by atoms with Gasteiger partial charge in [0.1, 0.15) is 23.6 Å². The first kappa shape index (κ1) is 22.6. The molecule has 0 radical (unpaired) electrons. The van der Waals surface area contributed by atoms with Gasteiger partial charge in [0, 0.05) is 6.54 Å². The van der Waals surface area contributed by atoms with Crippen LogP contribution in [-0.4, -0.2) is 54.5 Å². The number of imide groups is 1. The molecule has 8 heteroatoms. The molecule has 2 unspecified atom stereocenters. The van der Waals surface area contributed by atoms with E-state index in [-0.39, 0.29) is 18.5 Å². The van der Waals surface area contributed by atoms with E-state index in [1.807, 2.05) is 31.2 Å². The lowest BCUT2D eigenvalue weighted by Gasteiger charge is -2.27. The maximum Gasteiger partial charge on any atom is 0.325 e. The summed E-state index contributed by atoms with van der Waals surface area (Å²) < 4.78 is 10.7. The van der Waals surface area contributed by atoms with E-state index in [4.69, 9.17) is 9.47 Å². The van der Waals surface area contributed by atoms with Gasteiger partial charge in [-0.05, 0) is 62.1 Å². The van der Waals surface area contributed by atoms with Gasteiger partial charge in [0.15, 0.2) is 0 Å². The van der Waals surface area contributed by atoms with E-state index in [1.54, 1.807) is 43.2 Å². The minimum absolute atomic E-state index is 0.0816. The Morgan fingerprint density at radius 1 is 1.09 bits per heavy atom. The van der Waals surface area contributed by atoms with E-state index in [9.17, 15) is 14.4 Å². The second-order valence-electron chi connectivity index (χ2n) is 8.42. The summed E-state index contributed by atoms with van der Waals surface area (Å²) in [5, 5.41) is 2.75. The van der Waals surface area contributed by atoms with Gasteiger partial charge in [-0.1, -0.05) is 24.3 Å². The molecule has 8 nitrogen and oxygen atoms in total. The van der Waals surface area contributed by atoms with E-state index < -0.39 is 17.5 Å². The lowest BCUT2D eigenvalue weighted by Crippen LogP contribution is -2.44. The van der Waals surface area contributed by atoms with Crippen molar-refractivity contribution in [1.82, 2.24) is 15.1 Å². The second kappa shape index (κ2) is 9.13. The smallest absolute Gasteiger partial charge is 0.325 e. The maximum absolute atomic E-state index is 13.2. The average molecular weight is 452 g/mol. The summed E-state index contributed by atoms with van der Waals surface area (Å²) in [7, 11) is 1.56. The molecule has 0 aromatic heterocycles. The quantitative estimate of drug-likeness (QED) is 0.653. The van der Waals surface area contributed by atoms with Crippen LogP contribution in [0.3, 0.4) is 0 Å². The normalized spacial score (nSPS) is 22.5. The van der Waals surface area contributed by atoms with Crippen molar-refractivity contribution >= 4 is 17.8 Å². The number of likely N-dealkylation sites (tertiary alicyclic amines) is 1. The number of nitrogens with one attached hydrogen (secondary N) is 1. The van der Waals surface area contributed by atoms with Crippen molar-refractivity contribution in [2.45, 2.75) is 38.3 Å². The SMILES string of the molecule is CCOc1ccc(C2CCCN2C(=O)CN2C(=O)NC(C)(c3ccc(OC)cc3)C2=O)cc1. The molecule has 0 bridgehead atoms. The first-order valence-electron chi connectivity index (χ1n) is 11.2. The first-order valence-corrected chi connectivity index (χ1v) is 11.2. The van der Waals surface area contributed by atoms with Gasteiger partial charge in [-0.3, -0.25) is 14.5 Å². The summed E-state index contributed by atoms with van der Waals surface area (Å²) >= 11 is 0. The molecule has 4 amide bonds. The topological polar surface area (TPSA) is 88.2 Å². The minimum atomic E-state index is -1.23. The Labute approximate surface area is 193 Å². The van der Waals surface area contributed by atoms with Crippen LogP contribution in [0.2, 0.25) is 0 Å². The van der Waals surface area contributed by atoms with Crippen LogP contribution in [0.15, 0.2) is 48.5 Å². The molecule has 2 heterocycles. The lowest BCUT2D eigenvalue weighted by atomic mass is 9.92. The van der Waals surface area contributed by atoms with Crippen LogP contribution in [0.4, 0.5) is 4.79 Å². The number of carbonyl (C=O) groups excluding carboxylic acids is 3. The highest BCUT2D eigenvalue weighted by atomic mass is 16.5. The monoisotopic (exact) mass is 451 g/mol. The lowest BCUT2D eigenvalue weighted by molar-refractivity contribution is -0.139. The summed E-state index contributed by atoms with van der Waals surface area (Å²) in [4.78, 5) is 41.9. The zero-order chi connectivity index (χ0) is 23.6. The number of nitrogens with zero attached hydrogens (tertiary/aromatic N) is 2. The molecule has 2 saturated heterocycles. The van der Waals surface area contributed by atoms with E-state index in [0.717, 1.165) is 29.1 Å². The van der Waals surface area contributed by atoms with Crippen LogP contribution in [0.5, 0.6) is 11.5 Å². The minimum Gasteiger partial charge on any atom is -0.497 e. The van der Waals surface area contributed by atoms with Crippen molar-refractivity contribution in [2.24, 2.45) is 0 Å². The molecule has 2 aliphatic heterocycles. The molecule has 174 valence electrons. The highest BCUT2D eigenvalue weighted by Crippen LogP contribution is 2.34. The van der Waals surface area contributed by atoms with Crippen molar-refractivity contribution in [3.05, 3.63) is 59.7 Å². The fourth-order valence-electron chi connectivity index (χ4n) is 4.55. The molecule has 2 atom stereocenters. The predicted octanol–water partition coefficient (Wildman–Crippen LogP) is 3.22. The third-order valence-corrected chi connectivity index (χ3v) is 6.38. The second-order valence-corrected chi connectivity index (χ2v) is 8.42. The molecule has 2 aromatic carbocycles. The molecular formula is C25H29N3O5. The van der Waals surface area contributed by atoms with Crippen LogP contribution in [0, 0.1) is 0 Å². The fraction of sp³-hybridized carbons (Fsp3) is 0.400.